The third-order valence-electron chi connectivity index (χ3n) is 2.22. The average Bonchev–Trinajstić information content (AvgIpc) is 2.20. The topological polar surface area (TPSA) is 38.9 Å². The molecule has 0 unspecified atom stereocenters. The fourth-order valence-electron chi connectivity index (χ4n) is 1.51. The normalized spacial score (nSPS) is 10.3. The van der Waals surface area contributed by atoms with Gasteiger partial charge in [-0.1, -0.05) is 28.1 Å². The van der Waals surface area contributed by atoms with Gasteiger partial charge in [-0.2, -0.15) is 0 Å². The highest BCUT2D eigenvalue weighted by atomic mass is 79.9. The monoisotopic (exact) mass is 262 g/mol. The molecule has 1 aromatic heterocycles. The Bertz CT molecular complexity index is 477. The molecular formula is C12H11BrN2. The molecular weight excluding hydrogens is 252 g/mol. The minimum absolute atomic E-state index is 0.702. The molecule has 15 heavy (non-hydrogen) atoms. The Balaban J connectivity index is 2.49. The van der Waals surface area contributed by atoms with Crippen molar-refractivity contribution in [2.24, 2.45) is 0 Å². The summed E-state index contributed by atoms with van der Waals surface area (Å²) in [7, 11) is 0. The summed E-state index contributed by atoms with van der Waals surface area (Å²) >= 11 is 3.41. The number of hydrogen-bond acceptors (Lipinski definition) is 2. The fraction of sp³-hybridized carbons (Fsp3) is 0.0833. The van der Waals surface area contributed by atoms with E-state index in [1.165, 1.54) is 0 Å². The standard InChI is InChI=1S/C12H11BrN2/c1-8-6-11(14)7-15-12(8)9-2-4-10(13)5-3-9/h2-7H,14H2,1H3. The number of nitrogens with two attached hydrogens (primary N) is 1. The molecule has 0 aliphatic rings. The summed E-state index contributed by atoms with van der Waals surface area (Å²) in [4.78, 5) is 4.34. The zero-order chi connectivity index (χ0) is 10.8. The van der Waals surface area contributed by atoms with Crippen LogP contribution in [0, 0.1) is 6.92 Å². The molecule has 1 aromatic carbocycles. The number of nitrogens with zero attached hydrogens (tertiary/aromatic N) is 1. The Morgan fingerprint density at radius 3 is 2.47 bits per heavy atom. The van der Waals surface area contributed by atoms with E-state index >= 15 is 0 Å². The van der Waals surface area contributed by atoms with Crippen molar-refractivity contribution in [1.82, 2.24) is 4.98 Å². The van der Waals surface area contributed by atoms with Crippen LogP contribution in [0.4, 0.5) is 5.69 Å². The number of aromatic nitrogens is 1. The van der Waals surface area contributed by atoms with Crippen LogP contribution in [0.1, 0.15) is 5.56 Å². The van der Waals surface area contributed by atoms with Crippen molar-refractivity contribution in [3.05, 3.63) is 46.6 Å². The summed E-state index contributed by atoms with van der Waals surface area (Å²) in [6.45, 7) is 2.01. The van der Waals surface area contributed by atoms with Crippen LogP contribution in [0.2, 0.25) is 0 Å². The van der Waals surface area contributed by atoms with Gasteiger partial charge in [0, 0.05) is 10.0 Å². The first-order chi connectivity index (χ1) is 7.16. The largest absolute Gasteiger partial charge is 0.397 e. The molecule has 2 rings (SSSR count). The molecule has 0 spiro atoms. The van der Waals surface area contributed by atoms with Crippen LogP contribution in [0.5, 0.6) is 0 Å². The van der Waals surface area contributed by atoms with Crippen LogP contribution in [-0.2, 0) is 0 Å². The highest BCUT2D eigenvalue weighted by molar-refractivity contribution is 9.10. The molecule has 0 saturated heterocycles. The fourth-order valence-corrected chi connectivity index (χ4v) is 1.77. The van der Waals surface area contributed by atoms with E-state index in [1.54, 1.807) is 6.20 Å². The van der Waals surface area contributed by atoms with Crippen LogP contribution in [0.3, 0.4) is 0 Å². The number of nitrogen functional groups attached to an aromatic ring is 1. The third-order valence-corrected chi connectivity index (χ3v) is 2.75. The third kappa shape index (κ3) is 2.18. The van der Waals surface area contributed by atoms with Gasteiger partial charge < -0.3 is 5.73 Å². The quantitative estimate of drug-likeness (QED) is 0.856. The van der Waals surface area contributed by atoms with E-state index in [1.807, 2.05) is 37.3 Å². The summed E-state index contributed by atoms with van der Waals surface area (Å²) in [6, 6.07) is 10.0. The second-order valence-corrected chi connectivity index (χ2v) is 4.36. The lowest BCUT2D eigenvalue weighted by molar-refractivity contribution is 1.27. The van der Waals surface area contributed by atoms with Crippen molar-refractivity contribution < 1.29 is 0 Å². The molecule has 76 valence electrons. The summed E-state index contributed by atoms with van der Waals surface area (Å²) in [5.74, 6) is 0. The first-order valence-corrected chi connectivity index (χ1v) is 5.44. The van der Waals surface area contributed by atoms with Gasteiger partial charge >= 0.3 is 0 Å². The lowest BCUT2D eigenvalue weighted by Gasteiger charge is -2.05. The molecule has 0 saturated carbocycles. The van der Waals surface area contributed by atoms with E-state index in [0.717, 1.165) is 21.3 Å². The number of rotatable bonds is 1. The predicted octanol–water partition coefficient (Wildman–Crippen LogP) is 3.40. The molecule has 1 heterocycles. The molecule has 0 atom stereocenters. The smallest absolute Gasteiger partial charge is 0.0732 e. The average molecular weight is 263 g/mol. The zero-order valence-electron chi connectivity index (χ0n) is 8.37. The summed E-state index contributed by atoms with van der Waals surface area (Å²) in [5.41, 5.74) is 9.55. The predicted molar refractivity (Wildman–Crippen MR) is 66.5 cm³/mol. The minimum atomic E-state index is 0.702. The lowest BCUT2D eigenvalue weighted by atomic mass is 10.1. The van der Waals surface area contributed by atoms with Gasteiger partial charge in [0.2, 0.25) is 0 Å². The number of aryl methyl sites for hydroxylation is 1. The maximum absolute atomic E-state index is 5.66. The van der Waals surface area contributed by atoms with Crippen molar-refractivity contribution in [3.8, 4) is 11.3 Å². The molecule has 3 heteroatoms. The second-order valence-electron chi connectivity index (χ2n) is 3.44. The highest BCUT2D eigenvalue weighted by Gasteiger charge is 2.03. The van der Waals surface area contributed by atoms with E-state index in [2.05, 4.69) is 20.9 Å². The van der Waals surface area contributed by atoms with Gasteiger partial charge in [0.05, 0.1) is 17.6 Å². The van der Waals surface area contributed by atoms with Crippen LogP contribution in [0.15, 0.2) is 41.0 Å². The summed E-state index contributed by atoms with van der Waals surface area (Å²) in [6.07, 6.45) is 1.68. The molecule has 2 N–H and O–H groups in total. The molecule has 0 aliphatic heterocycles. The Labute approximate surface area is 97.3 Å². The summed E-state index contributed by atoms with van der Waals surface area (Å²) in [5, 5.41) is 0. The Morgan fingerprint density at radius 2 is 1.87 bits per heavy atom. The first-order valence-electron chi connectivity index (χ1n) is 4.65. The van der Waals surface area contributed by atoms with Crippen LogP contribution in [-0.4, -0.2) is 4.98 Å². The van der Waals surface area contributed by atoms with Crippen LogP contribution >= 0.6 is 15.9 Å². The van der Waals surface area contributed by atoms with E-state index < -0.39 is 0 Å². The van der Waals surface area contributed by atoms with Crippen molar-refractivity contribution >= 4 is 21.6 Å². The number of hydrogen-bond donors (Lipinski definition) is 1. The second kappa shape index (κ2) is 4.03. The maximum Gasteiger partial charge on any atom is 0.0732 e. The minimum Gasteiger partial charge on any atom is -0.397 e. The number of benzene rings is 1. The molecule has 0 bridgehead atoms. The Kier molecular flexibility index (Phi) is 2.73. The van der Waals surface area contributed by atoms with Crippen molar-refractivity contribution in [3.63, 3.8) is 0 Å². The number of pyridine rings is 1. The Hall–Kier alpha value is -1.35. The highest BCUT2D eigenvalue weighted by Crippen LogP contribution is 2.23. The molecule has 0 aliphatic carbocycles. The van der Waals surface area contributed by atoms with Gasteiger partial charge in [0.25, 0.3) is 0 Å². The molecule has 0 amide bonds. The van der Waals surface area contributed by atoms with Gasteiger partial charge in [-0.05, 0) is 30.7 Å². The van der Waals surface area contributed by atoms with E-state index in [0.29, 0.717) is 5.69 Å². The lowest BCUT2D eigenvalue weighted by Crippen LogP contribution is -1.92. The van der Waals surface area contributed by atoms with Crippen molar-refractivity contribution in [2.75, 3.05) is 5.73 Å². The van der Waals surface area contributed by atoms with Gasteiger partial charge in [-0.25, -0.2) is 0 Å². The Morgan fingerprint density at radius 1 is 1.20 bits per heavy atom. The van der Waals surface area contributed by atoms with Gasteiger partial charge in [0.15, 0.2) is 0 Å². The van der Waals surface area contributed by atoms with Gasteiger partial charge in [-0.15, -0.1) is 0 Å². The molecule has 2 aromatic rings. The van der Waals surface area contributed by atoms with Gasteiger partial charge in [-0.3, -0.25) is 4.98 Å². The van der Waals surface area contributed by atoms with Crippen LogP contribution < -0.4 is 5.73 Å². The van der Waals surface area contributed by atoms with Crippen molar-refractivity contribution in [2.45, 2.75) is 6.92 Å². The van der Waals surface area contributed by atoms with Gasteiger partial charge in [0.1, 0.15) is 0 Å². The number of anilines is 1. The zero-order valence-corrected chi connectivity index (χ0v) is 9.95. The van der Waals surface area contributed by atoms with E-state index in [9.17, 15) is 0 Å². The SMILES string of the molecule is Cc1cc(N)cnc1-c1ccc(Br)cc1. The van der Waals surface area contributed by atoms with E-state index in [4.69, 9.17) is 5.73 Å². The maximum atomic E-state index is 5.66. The van der Waals surface area contributed by atoms with E-state index in [-0.39, 0.29) is 0 Å². The summed E-state index contributed by atoms with van der Waals surface area (Å²) < 4.78 is 1.07. The molecule has 2 nitrogen and oxygen atoms in total. The molecule has 0 radical (unpaired) electrons. The first kappa shape index (κ1) is 10.2. The van der Waals surface area contributed by atoms with Crippen LogP contribution in [0.25, 0.3) is 11.3 Å². The number of halogens is 1. The van der Waals surface area contributed by atoms with Crippen molar-refractivity contribution in [1.29, 1.82) is 0 Å². The molecule has 0 fully saturated rings.